The Hall–Kier alpha value is -4.20. The number of para-hydroxylation sites is 2. The van der Waals surface area contributed by atoms with Crippen LogP contribution in [-0.2, 0) is 22.7 Å². The van der Waals surface area contributed by atoms with E-state index in [0.29, 0.717) is 22.4 Å². The topological polar surface area (TPSA) is 103 Å². The molecule has 0 unspecified atom stereocenters. The van der Waals surface area contributed by atoms with Crippen LogP contribution in [0.15, 0.2) is 70.1 Å². The molecule has 8 heteroatoms. The molecule has 1 amide bonds. The smallest absolute Gasteiger partial charge is 0.340 e. The first kappa shape index (κ1) is 21.0. The lowest BCUT2D eigenvalue weighted by atomic mass is 10.1. The summed E-state index contributed by atoms with van der Waals surface area (Å²) >= 11 is 0. The van der Waals surface area contributed by atoms with Gasteiger partial charge in [-0.3, -0.25) is 14.2 Å². The van der Waals surface area contributed by atoms with Crippen LogP contribution in [0.4, 0.5) is 5.69 Å². The zero-order valence-corrected chi connectivity index (χ0v) is 17.6. The van der Waals surface area contributed by atoms with Gasteiger partial charge in [0, 0.05) is 6.92 Å². The fourth-order valence-corrected chi connectivity index (χ4v) is 3.43. The third kappa shape index (κ3) is 4.29. The number of ether oxygens (including phenoxy) is 1. The van der Waals surface area contributed by atoms with Gasteiger partial charge in [0.1, 0.15) is 12.4 Å². The molecule has 8 nitrogen and oxygen atoms in total. The molecule has 0 aliphatic rings. The quantitative estimate of drug-likeness (QED) is 0.467. The van der Waals surface area contributed by atoms with Gasteiger partial charge in [-0.25, -0.2) is 9.78 Å². The summed E-state index contributed by atoms with van der Waals surface area (Å²) in [6.07, 6.45) is 1.52. The predicted molar refractivity (Wildman–Crippen MR) is 118 cm³/mol. The standard InChI is InChI=1S/C24H21N3O5/c1-15-7-5-10-19(22(15)25-16(2)28)24(30)32-14-21-26-20-11-4-3-9-18(20)23(29)27(21)13-17-8-6-12-31-17/h3-12H,13-14H2,1-2H3,(H,25,28). The number of aryl methyl sites for hydroxylation is 1. The summed E-state index contributed by atoms with van der Waals surface area (Å²) in [5.74, 6) is -0.0724. The first-order chi connectivity index (χ1) is 15.4. The second-order valence-electron chi connectivity index (χ2n) is 7.27. The van der Waals surface area contributed by atoms with Gasteiger partial charge in [0.05, 0.1) is 35.0 Å². The number of carbonyl (C=O) groups is 2. The largest absolute Gasteiger partial charge is 0.467 e. The highest BCUT2D eigenvalue weighted by molar-refractivity contribution is 6.01. The van der Waals surface area contributed by atoms with Crippen LogP contribution in [0, 0.1) is 6.92 Å². The number of benzene rings is 2. The maximum atomic E-state index is 13.1. The first-order valence-electron chi connectivity index (χ1n) is 9.99. The van der Waals surface area contributed by atoms with Crippen molar-refractivity contribution in [1.29, 1.82) is 0 Å². The predicted octanol–water partition coefficient (Wildman–Crippen LogP) is 3.66. The van der Waals surface area contributed by atoms with E-state index in [9.17, 15) is 14.4 Å². The molecular weight excluding hydrogens is 410 g/mol. The molecule has 0 bridgehead atoms. The SMILES string of the molecule is CC(=O)Nc1c(C)cccc1C(=O)OCc1nc2ccccc2c(=O)n1Cc1ccco1. The van der Waals surface area contributed by atoms with Gasteiger partial charge in [-0.1, -0.05) is 24.3 Å². The highest BCUT2D eigenvalue weighted by Crippen LogP contribution is 2.22. The summed E-state index contributed by atoms with van der Waals surface area (Å²) in [4.78, 5) is 42.0. The molecule has 0 saturated heterocycles. The molecule has 162 valence electrons. The third-order valence-electron chi connectivity index (χ3n) is 4.96. The molecule has 0 saturated carbocycles. The molecule has 0 fully saturated rings. The van der Waals surface area contributed by atoms with Crippen LogP contribution in [-0.4, -0.2) is 21.4 Å². The Morgan fingerprint density at radius 1 is 1.09 bits per heavy atom. The van der Waals surface area contributed by atoms with Gasteiger partial charge in [-0.05, 0) is 42.8 Å². The minimum absolute atomic E-state index is 0.151. The number of rotatable bonds is 6. The van der Waals surface area contributed by atoms with Gasteiger partial charge in [-0.15, -0.1) is 0 Å². The maximum absolute atomic E-state index is 13.1. The molecule has 32 heavy (non-hydrogen) atoms. The zero-order chi connectivity index (χ0) is 22.7. The molecule has 0 atom stereocenters. The van der Waals surface area contributed by atoms with E-state index >= 15 is 0 Å². The molecule has 2 aromatic heterocycles. The van der Waals surface area contributed by atoms with Gasteiger partial charge in [0.2, 0.25) is 5.91 Å². The minimum Gasteiger partial charge on any atom is -0.467 e. The van der Waals surface area contributed by atoms with Crippen molar-refractivity contribution in [2.24, 2.45) is 0 Å². The van der Waals surface area contributed by atoms with Crippen LogP contribution < -0.4 is 10.9 Å². The highest BCUT2D eigenvalue weighted by atomic mass is 16.5. The lowest BCUT2D eigenvalue weighted by molar-refractivity contribution is -0.114. The molecule has 0 spiro atoms. The Morgan fingerprint density at radius 2 is 1.91 bits per heavy atom. The second kappa shape index (κ2) is 8.89. The van der Waals surface area contributed by atoms with Gasteiger partial charge in [-0.2, -0.15) is 0 Å². The Bertz CT molecular complexity index is 1360. The number of nitrogens with zero attached hydrogens (tertiary/aromatic N) is 2. The average molecular weight is 431 g/mol. The zero-order valence-electron chi connectivity index (χ0n) is 17.6. The van der Waals surface area contributed by atoms with Crippen molar-refractivity contribution in [2.45, 2.75) is 27.0 Å². The van der Waals surface area contributed by atoms with Crippen LogP contribution in [0.5, 0.6) is 0 Å². The number of carbonyl (C=O) groups excluding carboxylic acids is 2. The van der Waals surface area contributed by atoms with E-state index in [1.54, 1.807) is 61.5 Å². The number of hydrogen-bond acceptors (Lipinski definition) is 6. The Balaban J connectivity index is 1.67. The normalized spacial score (nSPS) is 10.8. The molecule has 4 aromatic rings. The van der Waals surface area contributed by atoms with Gasteiger partial charge in [0.25, 0.3) is 5.56 Å². The summed E-state index contributed by atoms with van der Waals surface area (Å²) in [6, 6.07) is 15.5. The van der Waals surface area contributed by atoms with Crippen molar-refractivity contribution in [3.05, 3.63) is 93.9 Å². The first-order valence-corrected chi connectivity index (χ1v) is 9.99. The van der Waals surface area contributed by atoms with E-state index in [4.69, 9.17) is 9.15 Å². The molecule has 2 heterocycles. The number of aromatic nitrogens is 2. The Kier molecular flexibility index (Phi) is 5.85. The van der Waals surface area contributed by atoms with Crippen LogP contribution in [0.3, 0.4) is 0 Å². The van der Waals surface area contributed by atoms with E-state index in [2.05, 4.69) is 10.3 Å². The van der Waals surface area contributed by atoms with Gasteiger partial charge >= 0.3 is 5.97 Å². The Labute approximate surface area is 183 Å². The van der Waals surface area contributed by atoms with Crippen LogP contribution in [0.1, 0.15) is 34.4 Å². The van der Waals surface area contributed by atoms with Crippen molar-refractivity contribution in [3.63, 3.8) is 0 Å². The molecule has 1 N–H and O–H groups in total. The van der Waals surface area contributed by atoms with Crippen LogP contribution in [0.25, 0.3) is 10.9 Å². The summed E-state index contributed by atoms with van der Waals surface area (Å²) in [7, 11) is 0. The van der Waals surface area contributed by atoms with E-state index in [1.807, 2.05) is 0 Å². The van der Waals surface area contributed by atoms with Crippen molar-refractivity contribution in [3.8, 4) is 0 Å². The molecule has 0 radical (unpaired) electrons. The van der Waals surface area contributed by atoms with E-state index in [1.165, 1.54) is 17.8 Å². The highest BCUT2D eigenvalue weighted by Gasteiger charge is 2.18. The van der Waals surface area contributed by atoms with E-state index < -0.39 is 5.97 Å². The van der Waals surface area contributed by atoms with Gasteiger partial charge in [0.15, 0.2) is 5.82 Å². The Morgan fingerprint density at radius 3 is 2.66 bits per heavy atom. The van der Waals surface area contributed by atoms with Crippen molar-refractivity contribution < 1.29 is 18.7 Å². The molecule has 0 aliphatic heterocycles. The van der Waals surface area contributed by atoms with Gasteiger partial charge < -0.3 is 14.5 Å². The minimum atomic E-state index is -0.635. The monoisotopic (exact) mass is 431 g/mol. The fraction of sp³-hybridized carbons (Fsp3) is 0.167. The number of esters is 1. The molecule has 2 aromatic carbocycles. The summed E-state index contributed by atoms with van der Waals surface area (Å²) in [5.41, 5.74) is 1.60. The lowest BCUT2D eigenvalue weighted by Crippen LogP contribution is -2.27. The number of fused-ring (bicyclic) bond motifs is 1. The number of amides is 1. The van der Waals surface area contributed by atoms with Crippen LogP contribution in [0.2, 0.25) is 0 Å². The summed E-state index contributed by atoms with van der Waals surface area (Å²) in [5, 5.41) is 3.13. The maximum Gasteiger partial charge on any atom is 0.340 e. The number of anilines is 1. The second-order valence-corrected chi connectivity index (χ2v) is 7.27. The molecule has 4 rings (SSSR count). The van der Waals surface area contributed by atoms with Crippen molar-refractivity contribution >= 4 is 28.5 Å². The number of nitrogens with one attached hydrogen (secondary N) is 1. The summed E-state index contributed by atoms with van der Waals surface area (Å²) in [6.45, 7) is 3.08. The number of hydrogen-bond donors (Lipinski definition) is 1. The lowest BCUT2D eigenvalue weighted by Gasteiger charge is -2.15. The van der Waals surface area contributed by atoms with Crippen molar-refractivity contribution in [2.75, 3.05) is 5.32 Å². The van der Waals surface area contributed by atoms with Crippen LogP contribution >= 0.6 is 0 Å². The van der Waals surface area contributed by atoms with E-state index in [-0.39, 0.29) is 36.0 Å². The van der Waals surface area contributed by atoms with E-state index in [0.717, 1.165) is 5.56 Å². The number of furan rings is 1. The molecular formula is C24H21N3O5. The fourth-order valence-electron chi connectivity index (χ4n) is 3.43. The third-order valence-corrected chi connectivity index (χ3v) is 4.96. The summed E-state index contributed by atoms with van der Waals surface area (Å²) < 4.78 is 12.3. The molecule has 0 aliphatic carbocycles. The van der Waals surface area contributed by atoms with Crippen molar-refractivity contribution in [1.82, 2.24) is 9.55 Å². The average Bonchev–Trinajstić information content (AvgIpc) is 3.29.